The van der Waals surface area contributed by atoms with Crippen molar-refractivity contribution in [3.8, 4) is 0 Å². The summed E-state index contributed by atoms with van der Waals surface area (Å²) < 4.78 is 0. The standard InChI is InChI=1S/CH2O3.Ca.Ni.2H/c2-1(3)4;;;;/h(H2,2,3,4);;;;/q;+2;;2*-1. The number of hydrogen-bond acceptors (Lipinski definition) is 1. The SMILES string of the molecule is O=C(O)O.[Ca+2].[H-].[H-].[Ni]. The van der Waals surface area contributed by atoms with Gasteiger partial charge >= 0.3 is 43.9 Å². The zero-order valence-corrected chi connectivity index (χ0v) is 6.02. The van der Waals surface area contributed by atoms with Gasteiger partial charge in [0, 0.05) is 16.5 Å². The van der Waals surface area contributed by atoms with Crippen LogP contribution in [0.4, 0.5) is 4.79 Å². The van der Waals surface area contributed by atoms with Crippen LogP contribution < -0.4 is 0 Å². The van der Waals surface area contributed by atoms with Crippen molar-refractivity contribution in [1.82, 2.24) is 0 Å². The Bertz CT molecular complexity index is 40.3. The number of carboxylic acid groups (broad SMARTS) is 2. The molecule has 0 atom stereocenters. The van der Waals surface area contributed by atoms with E-state index < -0.39 is 6.16 Å². The maximum absolute atomic E-state index is 8.56. The average Bonchev–Trinajstić information content (AvgIpc) is 0.811. The molecular formula is CH4CaNiO3. The number of hydrogen-bond donors (Lipinski definition) is 2. The third-order valence-electron chi connectivity index (χ3n) is 0. The van der Waals surface area contributed by atoms with Crippen LogP contribution in [0.2, 0.25) is 0 Å². The van der Waals surface area contributed by atoms with E-state index in [1.165, 1.54) is 0 Å². The molecule has 5 heteroatoms. The molecule has 0 saturated carbocycles. The summed E-state index contributed by atoms with van der Waals surface area (Å²) in [5, 5.41) is 13.9. The van der Waals surface area contributed by atoms with Gasteiger partial charge in [-0.05, 0) is 0 Å². The van der Waals surface area contributed by atoms with E-state index in [-0.39, 0.29) is 57.1 Å². The van der Waals surface area contributed by atoms with Crippen molar-refractivity contribution >= 4 is 43.9 Å². The topological polar surface area (TPSA) is 57.5 Å². The molecule has 0 amide bonds. The second-order valence-electron chi connectivity index (χ2n) is 0.283. The van der Waals surface area contributed by atoms with Crippen LogP contribution in [0.15, 0.2) is 0 Å². The average molecular weight is 163 g/mol. The van der Waals surface area contributed by atoms with Gasteiger partial charge in [0.1, 0.15) is 0 Å². The van der Waals surface area contributed by atoms with Crippen molar-refractivity contribution in [2.75, 3.05) is 0 Å². The van der Waals surface area contributed by atoms with Crippen LogP contribution in [0.3, 0.4) is 0 Å². The molecule has 0 fully saturated rings. The normalized spacial score (nSPS) is 4.00. The van der Waals surface area contributed by atoms with Crippen LogP contribution >= 0.6 is 0 Å². The zero-order chi connectivity index (χ0) is 3.58. The molecule has 38 valence electrons. The molecule has 3 nitrogen and oxygen atoms in total. The Kier molecular flexibility index (Phi) is 24.6. The summed E-state index contributed by atoms with van der Waals surface area (Å²) in [4.78, 5) is 8.56. The van der Waals surface area contributed by atoms with E-state index in [0.29, 0.717) is 0 Å². The van der Waals surface area contributed by atoms with Crippen LogP contribution in [0.5, 0.6) is 0 Å². The zero-order valence-electron chi connectivity index (χ0n) is 4.83. The van der Waals surface area contributed by atoms with Crippen molar-refractivity contribution in [2.24, 2.45) is 0 Å². The Balaban J connectivity index is -0.00000000750. The fourth-order valence-corrected chi connectivity index (χ4v) is 0. The summed E-state index contributed by atoms with van der Waals surface area (Å²) in [5.41, 5.74) is 0. The minimum atomic E-state index is -1.83. The molecule has 0 saturated heterocycles. The maximum atomic E-state index is 8.56. The first-order valence-electron chi connectivity index (χ1n) is 0.651. The molecule has 0 bridgehead atoms. The maximum Gasteiger partial charge on any atom is 2.00 e. The van der Waals surface area contributed by atoms with Gasteiger partial charge in [-0.25, -0.2) is 4.79 Å². The Morgan fingerprint density at radius 1 is 1.50 bits per heavy atom. The first-order chi connectivity index (χ1) is 1.73. The molecular weight excluding hydrogens is 159 g/mol. The van der Waals surface area contributed by atoms with Gasteiger partial charge in [0.05, 0.1) is 0 Å². The first-order valence-corrected chi connectivity index (χ1v) is 0.651. The van der Waals surface area contributed by atoms with E-state index in [4.69, 9.17) is 15.0 Å². The minimum absolute atomic E-state index is 0. The molecule has 0 aromatic carbocycles. The van der Waals surface area contributed by atoms with E-state index in [1.807, 2.05) is 0 Å². The molecule has 0 heterocycles. The quantitative estimate of drug-likeness (QED) is 0.496. The van der Waals surface area contributed by atoms with Crippen molar-refractivity contribution in [3.05, 3.63) is 0 Å². The predicted octanol–water partition coefficient (Wildman–Crippen LogP) is 0.0641. The predicted molar refractivity (Wildman–Crippen MR) is 18.6 cm³/mol. The molecule has 0 unspecified atom stereocenters. The Morgan fingerprint density at radius 2 is 1.50 bits per heavy atom. The molecule has 0 rings (SSSR count). The smallest absolute Gasteiger partial charge is 1.00 e. The summed E-state index contributed by atoms with van der Waals surface area (Å²) in [6.45, 7) is 0. The third kappa shape index (κ3) is 77.7. The van der Waals surface area contributed by atoms with E-state index >= 15 is 0 Å². The summed E-state index contributed by atoms with van der Waals surface area (Å²) in [5.74, 6) is 0. The van der Waals surface area contributed by atoms with Gasteiger partial charge in [-0.15, -0.1) is 0 Å². The molecule has 6 heavy (non-hydrogen) atoms. The summed E-state index contributed by atoms with van der Waals surface area (Å²) in [7, 11) is 0. The molecule has 0 aromatic rings. The fourth-order valence-electron chi connectivity index (χ4n) is 0. The Labute approximate surface area is 77.6 Å². The van der Waals surface area contributed by atoms with E-state index in [0.717, 1.165) is 0 Å². The van der Waals surface area contributed by atoms with Gasteiger partial charge in [0.15, 0.2) is 0 Å². The fraction of sp³-hybridized carbons (Fsp3) is 0. The van der Waals surface area contributed by atoms with Crippen molar-refractivity contribution < 1.29 is 34.4 Å². The van der Waals surface area contributed by atoms with Crippen LogP contribution in [0.1, 0.15) is 2.85 Å². The van der Waals surface area contributed by atoms with E-state index in [2.05, 4.69) is 0 Å². The summed E-state index contributed by atoms with van der Waals surface area (Å²) in [6.07, 6.45) is -1.83. The Morgan fingerprint density at radius 3 is 1.50 bits per heavy atom. The monoisotopic (exact) mass is 162 g/mol. The second kappa shape index (κ2) is 9.39. The van der Waals surface area contributed by atoms with Gasteiger partial charge in [-0.3, -0.25) is 0 Å². The largest absolute Gasteiger partial charge is 2.00 e. The number of carbonyl (C=O) groups is 1. The molecule has 0 aliphatic heterocycles. The number of rotatable bonds is 0. The second-order valence-corrected chi connectivity index (χ2v) is 0.283. The summed E-state index contributed by atoms with van der Waals surface area (Å²) >= 11 is 0. The van der Waals surface area contributed by atoms with Gasteiger partial charge in [-0.1, -0.05) is 0 Å². The first kappa shape index (κ1) is 15.7. The molecule has 0 aromatic heterocycles. The minimum Gasteiger partial charge on any atom is -1.00 e. The van der Waals surface area contributed by atoms with Crippen molar-refractivity contribution in [3.63, 3.8) is 0 Å². The van der Waals surface area contributed by atoms with Gasteiger partial charge in [0.2, 0.25) is 0 Å². The van der Waals surface area contributed by atoms with E-state index in [1.54, 1.807) is 0 Å². The van der Waals surface area contributed by atoms with Gasteiger partial charge in [0.25, 0.3) is 0 Å². The van der Waals surface area contributed by atoms with Gasteiger partial charge < -0.3 is 13.1 Å². The summed E-state index contributed by atoms with van der Waals surface area (Å²) in [6, 6.07) is 0. The van der Waals surface area contributed by atoms with Crippen LogP contribution in [0.25, 0.3) is 0 Å². The van der Waals surface area contributed by atoms with Gasteiger partial charge in [-0.2, -0.15) is 0 Å². The third-order valence-corrected chi connectivity index (χ3v) is 0. The molecule has 0 aliphatic carbocycles. The van der Waals surface area contributed by atoms with Crippen LogP contribution in [-0.4, -0.2) is 54.1 Å². The molecule has 0 spiro atoms. The van der Waals surface area contributed by atoms with Crippen LogP contribution in [-0.2, 0) is 16.5 Å². The molecule has 0 aliphatic rings. The van der Waals surface area contributed by atoms with Crippen molar-refractivity contribution in [1.29, 1.82) is 0 Å². The Hall–Kier alpha value is 1.02. The van der Waals surface area contributed by atoms with Crippen molar-refractivity contribution in [2.45, 2.75) is 0 Å². The van der Waals surface area contributed by atoms with E-state index in [9.17, 15) is 0 Å². The molecule has 0 radical (unpaired) electrons. The van der Waals surface area contributed by atoms with Crippen LogP contribution in [0, 0.1) is 0 Å². The molecule has 2 N–H and O–H groups in total.